The molecule has 27 heavy (non-hydrogen) atoms. The van der Waals surface area contributed by atoms with E-state index in [9.17, 15) is 4.79 Å². The van der Waals surface area contributed by atoms with Crippen LogP contribution in [0.25, 0.3) is 0 Å². The first-order chi connectivity index (χ1) is 13.1. The summed E-state index contributed by atoms with van der Waals surface area (Å²) in [7, 11) is 0. The van der Waals surface area contributed by atoms with Gasteiger partial charge in [0.1, 0.15) is 5.75 Å². The second-order valence-electron chi connectivity index (χ2n) is 7.76. The van der Waals surface area contributed by atoms with Crippen molar-refractivity contribution in [1.29, 1.82) is 0 Å². The van der Waals surface area contributed by atoms with E-state index in [2.05, 4.69) is 43.4 Å². The van der Waals surface area contributed by atoms with Gasteiger partial charge < -0.3 is 10.1 Å². The second-order valence-corrected chi connectivity index (χ2v) is 8.71. The fourth-order valence-corrected chi connectivity index (χ4v) is 4.75. The summed E-state index contributed by atoms with van der Waals surface area (Å²) < 4.78 is 5.79. The van der Waals surface area contributed by atoms with Gasteiger partial charge in [0.2, 0.25) is 0 Å². The molecule has 3 rings (SSSR count). The summed E-state index contributed by atoms with van der Waals surface area (Å²) in [4.78, 5) is 13.0. The lowest BCUT2D eigenvalue weighted by molar-refractivity contribution is 0.0955. The highest BCUT2D eigenvalue weighted by Gasteiger charge is 2.25. The fourth-order valence-electron chi connectivity index (χ4n) is 4.11. The van der Waals surface area contributed by atoms with Crippen LogP contribution in [0.3, 0.4) is 0 Å². The zero-order chi connectivity index (χ0) is 19.1. The van der Waals surface area contributed by atoms with Gasteiger partial charge in [-0.25, -0.2) is 0 Å². The third-order valence-corrected chi connectivity index (χ3v) is 6.25. The molecule has 0 saturated heterocycles. The molecule has 1 aromatic carbocycles. The van der Waals surface area contributed by atoms with Crippen LogP contribution in [0.2, 0.25) is 0 Å². The molecule has 1 saturated carbocycles. The largest absolute Gasteiger partial charge is 0.491 e. The standard InChI is InChI=1S/C23H31NO2S/c1-17(2)26-20-12-10-19(11-13-20)21(18-7-4-3-5-8-18)14-15-24-23(25)22-9-6-16-27-22/h6,9-13,16-18,21H,3-5,7-8,14-15H2,1-2H3,(H,24,25)/t21-/m1/s1. The van der Waals surface area contributed by atoms with Crippen LogP contribution in [0.5, 0.6) is 5.75 Å². The Morgan fingerprint density at radius 3 is 2.52 bits per heavy atom. The van der Waals surface area contributed by atoms with Crippen LogP contribution < -0.4 is 10.1 Å². The zero-order valence-electron chi connectivity index (χ0n) is 16.4. The maximum Gasteiger partial charge on any atom is 0.261 e. The smallest absolute Gasteiger partial charge is 0.261 e. The summed E-state index contributed by atoms with van der Waals surface area (Å²) in [5.41, 5.74) is 1.38. The van der Waals surface area contributed by atoms with Crippen molar-refractivity contribution in [2.45, 2.75) is 64.4 Å². The highest BCUT2D eigenvalue weighted by atomic mass is 32.1. The molecule has 1 aliphatic carbocycles. The molecular formula is C23H31NO2S. The van der Waals surface area contributed by atoms with Gasteiger partial charge in [-0.3, -0.25) is 4.79 Å². The first-order valence-electron chi connectivity index (χ1n) is 10.2. The summed E-state index contributed by atoms with van der Waals surface area (Å²) in [6, 6.07) is 12.4. The molecular weight excluding hydrogens is 354 g/mol. The summed E-state index contributed by atoms with van der Waals surface area (Å²) in [6.45, 7) is 4.83. The third-order valence-electron chi connectivity index (χ3n) is 5.38. The number of thiophene rings is 1. The van der Waals surface area contributed by atoms with Crippen molar-refractivity contribution in [1.82, 2.24) is 5.32 Å². The van der Waals surface area contributed by atoms with Crippen molar-refractivity contribution in [3.63, 3.8) is 0 Å². The molecule has 4 heteroatoms. The van der Waals surface area contributed by atoms with Crippen LogP contribution in [-0.4, -0.2) is 18.6 Å². The average Bonchev–Trinajstić information content (AvgIpc) is 3.21. The maximum atomic E-state index is 12.2. The van der Waals surface area contributed by atoms with Crippen molar-refractivity contribution < 1.29 is 9.53 Å². The van der Waals surface area contributed by atoms with E-state index in [1.54, 1.807) is 0 Å². The van der Waals surface area contributed by atoms with Crippen LogP contribution in [-0.2, 0) is 0 Å². The van der Waals surface area contributed by atoms with Gasteiger partial charge in [-0.15, -0.1) is 11.3 Å². The molecule has 1 aliphatic rings. The van der Waals surface area contributed by atoms with Gasteiger partial charge in [-0.2, -0.15) is 0 Å². The van der Waals surface area contributed by atoms with Crippen LogP contribution >= 0.6 is 11.3 Å². The lowest BCUT2D eigenvalue weighted by Gasteiger charge is -2.31. The molecule has 1 fully saturated rings. The highest BCUT2D eigenvalue weighted by molar-refractivity contribution is 7.12. The number of rotatable bonds is 8. The van der Waals surface area contributed by atoms with E-state index >= 15 is 0 Å². The number of nitrogens with one attached hydrogen (secondary N) is 1. The molecule has 3 nitrogen and oxygen atoms in total. The lowest BCUT2D eigenvalue weighted by atomic mass is 9.75. The predicted molar refractivity (Wildman–Crippen MR) is 113 cm³/mol. The van der Waals surface area contributed by atoms with Crippen LogP contribution in [0.4, 0.5) is 0 Å². The predicted octanol–water partition coefficient (Wildman–Crippen LogP) is 6.02. The van der Waals surface area contributed by atoms with Crippen molar-refractivity contribution in [2.24, 2.45) is 5.92 Å². The van der Waals surface area contributed by atoms with Crippen molar-refractivity contribution in [2.75, 3.05) is 6.54 Å². The minimum atomic E-state index is 0.0491. The van der Waals surface area contributed by atoms with Gasteiger partial charge in [-0.05, 0) is 74.1 Å². The summed E-state index contributed by atoms with van der Waals surface area (Å²) in [5, 5.41) is 5.05. The fraction of sp³-hybridized carbons (Fsp3) is 0.522. The molecule has 146 valence electrons. The van der Waals surface area contributed by atoms with Crippen molar-refractivity contribution in [3.8, 4) is 5.75 Å². The SMILES string of the molecule is CC(C)Oc1ccc([C@H](CCNC(=O)c2cccs2)C2CCCCC2)cc1. The lowest BCUT2D eigenvalue weighted by Crippen LogP contribution is -2.27. The van der Waals surface area contributed by atoms with E-state index in [0.717, 1.165) is 23.6 Å². The van der Waals surface area contributed by atoms with E-state index in [-0.39, 0.29) is 12.0 Å². The van der Waals surface area contributed by atoms with E-state index in [1.165, 1.54) is 49.0 Å². The minimum absolute atomic E-state index is 0.0491. The Bertz CT molecular complexity index is 688. The van der Waals surface area contributed by atoms with Gasteiger partial charge >= 0.3 is 0 Å². The Hall–Kier alpha value is -1.81. The first-order valence-corrected chi connectivity index (χ1v) is 11.1. The number of ether oxygens (including phenoxy) is 1. The van der Waals surface area contributed by atoms with E-state index in [1.807, 2.05) is 17.5 Å². The van der Waals surface area contributed by atoms with Crippen LogP contribution in [0, 0.1) is 5.92 Å². The normalized spacial score (nSPS) is 16.3. The summed E-state index contributed by atoms with van der Waals surface area (Å²) >= 11 is 1.49. The summed E-state index contributed by atoms with van der Waals surface area (Å²) in [5.74, 6) is 2.20. The van der Waals surface area contributed by atoms with E-state index in [4.69, 9.17) is 4.74 Å². The number of carbonyl (C=O) groups is 1. The van der Waals surface area contributed by atoms with Crippen molar-refractivity contribution >= 4 is 17.2 Å². The monoisotopic (exact) mass is 385 g/mol. The molecule has 2 aromatic rings. The minimum Gasteiger partial charge on any atom is -0.491 e. The molecule has 0 aliphatic heterocycles. The number of amides is 1. The molecule has 0 unspecified atom stereocenters. The van der Waals surface area contributed by atoms with Crippen molar-refractivity contribution in [3.05, 3.63) is 52.2 Å². The molecule has 1 amide bonds. The molecule has 0 bridgehead atoms. The molecule has 1 heterocycles. The Labute approximate surface area is 167 Å². The third kappa shape index (κ3) is 5.83. The van der Waals surface area contributed by atoms with E-state index in [0.29, 0.717) is 11.8 Å². The Morgan fingerprint density at radius 1 is 1.15 bits per heavy atom. The number of hydrogen-bond donors (Lipinski definition) is 1. The Morgan fingerprint density at radius 2 is 1.89 bits per heavy atom. The Balaban J connectivity index is 1.64. The number of carbonyl (C=O) groups excluding carboxylic acids is 1. The Kier molecular flexibility index (Phi) is 7.33. The van der Waals surface area contributed by atoms with Gasteiger partial charge in [0.05, 0.1) is 11.0 Å². The van der Waals surface area contributed by atoms with Gasteiger partial charge in [0, 0.05) is 6.54 Å². The van der Waals surface area contributed by atoms with Gasteiger partial charge in [-0.1, -0.05) is 37.5 Å². The summed E-state index contributed by atoms with van der Waals surface area (Å²) in [6.07, 6.45) is 7.80. The van der Waals surface area contributed by atoms with Gasteiger partial charge in [0.25, 0.3) is 5.91 Å². The van der Waals surface area contributed by atoms with Crippen LogP contribution in [0.1, 0.15) is 73.5 Å². The van der Waals surface area contributed by atoms with Crippen LogP contribution in [0.15, 0.2) is 41.8 Å². The highest BCUT2D eigenvalue weighted by Crippen LogP contribution is 2.38. The average molecular weight is 386 g/mol. The van der Waals surface area contributed by atoms with E-state index < -0.39 is 0 Å². The quantitative estimate of drug-likeness (QED) is 0.603. The molecule has 1 N–H and O–H groups in total. The number of benzene rings is 1. The molecule has 0 radical (unpaired) electrons. The molecule has 1 atom stereocenters. The maximum absolute atomic E-state index is 12.2. The molecule has 0 spiro atoms. The zero-order valence-corrected chi connectivity index (χ0v) is 17.3. The topological polar surface area (TPSA) is 38.3 Å². The molecule has 1 aromatic heterocycles. The first kappa shape index (κ1) is 19.9. The number of hydrogen-bond acceptors (Lipinski definition) is 3. The second kappa shape index (κ2) is 9.93. The van der Waals surface area contributed by atoms with Gasteiger partial charge in [0.15, 0.2) is 0 Å².